The van der Waals surface area contributed by atoms with Crippen LogP contribution in [0, 0.1) is 11.8 Å². The first-order chi connectivity index (χ1) is 19.6. The zero-order valence-corrected chi connectivity index (χ0v) is 26.5. The zero-order valence-electron chi connectivity index (χ0n) is 25.0. The van der Waals surface area contributed by atoms with Gasteiger partial charge in [0.25, 0.3) is 0 Å². The first-order valence-electron chi connectivity index (χ1n) is 15.3. The van der Waals surface area contributed by atoms with E-state index in [1.54, 1.807) is 0 Å². The lowest BCUT2D eigenvalue weighted by molar-refractivity contribution is 0.199. The van der Waals surface area contributed by atoms with E-state index in [4.69, 9.17) is 32.7 Å². The van der Waals surface area contributed by atoms with Crippen molar-refractivity contribution < 1.29 is 9.47 Å². The third-order valence-electron chi connectivity index (χ3n) is 7.97. The van der Waals surface area contributed by atoms with Crippen molar-refractivity contribution in [3.63, 3.8) is 0 Å². The number of halogens is 2. The molecule has 0 heterocycles. The van der Waals surface area contributed by atoms with Gasteiger partial charge >= 0.3 is 0 Å². The smallest absolute Gasteiger partial charge is 0.161 e. The predicted octanol–water partition coefficient (Wildman–Crippen LogP) is 11.7. The summed E-state index contributed by atoms with van der Waals surface area (Å²) in [5.41, 5.74) is 6.58. The number of hydrogen-bond acceptors (Lipinski definition) is 2. The molecule has 218 valence electrons. The lowest BCUT2D eigenvalue weighted by Crippen LogP contribution is -2.14. The lowest BCUT2D eigenvalue weighted by atomic mass is 9.90. The maximum absolute atomic E-state index is 6.63. The van der Waals surface area contributed by atoms with E-state index in [2.05, 4.69) is 88.4 Å². The molecular formula is C36H48Cl2O2. The van der Waals surface area contributed by atoms with Crippen molar-refractivity contribution in [2.24, 2.45) is 11.8 Å². The van der Waals surface area contributed by atoms with Gasteiger partial charge in [0.1, 0.15) is 0 Å². The highest BCUT2D eigenvalue weighted by molar-refractivity contribution is 6.18. The molecule has 0 bridgehead atoms. The minimum Gasteiger partial charge on any atom is -0.489 e. The van der Waals surface area contributed by atoms with Gasteiger partial charge < -0.3 is 9.47 Å². The molecule has 40 heavy (non-hydrogen) atoms. The Labute approximate surface area is 253 Å². The molecule has 0 aliphatic carbocycles. The number of unbranched alkanes of at least 4 members (excludes halogenated alkanes) is 2. The summed E-state index contributed by atoms with van der Waals surface area (Å²) < 4.78 is 13.3. The van der Waals surface area contributed by atoms with E-state index in [-0.39, 0.29) is 0 Å². The van der Waals surface area contributed by atoms with Gasteiger partial charge in [-0.15, -0.1) is 23.2 Å². The van der Waals surface area contributed by atoms with Gasteiger partial charge in [0.2, 0.25) is 0 Å². The Kier molecular flexibility index (Phi) is 14.2. The van der Waals surface area contributed by atoms with Crippen molar-refractivity contribution in [3.8, 4) is 33.8 Å². The van der Waals surface area contributed by atoms with Crippen LogP contribution in [0.2, 0.25) is 0 Å². The molecule has 2 unspecified atom stereocenters. The second kappa shape index (κ2) is 17.6. The third kappa shape index (κ3) is 9.18. The Bertz CT molecular complexity index is 1150. The molecule has 0 fully saturated rings. The normalized spacial score (nSPS) is 12.8. The molecular weight excluding hydrogens is 535 g/mol. The van der Waals surface area contributed by atoms with E-state index in [0.717, 1.165) is 57.7 Å². The summed E-state index contributed by atoms with van der Waals surface area (Å²) in [7, 11) is 0. The van der Waals surface area contributed by atoms with E-state index in [9.17, 15) is 0 Å². The van der Waals surface area contributed by atoms with Crippen molar-refractivity contribution in [1.82, 2.24) is 0 Å². The van der Waals surface area contributed by atoms with Crippen LogP contribution < -0.4 is 9.47 Å². The first kappa shape index (κ1) is 32.4. The third-order valence-corrected chi connectivity index (χ3v) is 8.56. The van der Waals surface area contributed by atoms with Gasteiger partial charge in [-0.1, -0.05) is 109 Å². The van der Waals surface area contributed by atoms with Crippen LogP contribution in [-0.4, -0.2) is 13.2 Å². The van der Waals surface area contributed by atoms with Crippen LogP contribution in [0.4, 0.5) is 0 Å². The molecule has 0 aromatic heterocycles. The average molecular weight is 584 g/mol. The maximum atomic E-state index is 6.63. The molecule has 0 radical (unpaired) electrons. The minimum absolute atomic E-state index is 0.422. The highest BCUT2D eigenvalue weighted by Gasteiger charge is 2.20. The first-order valence-corrected chi connectivity index (χ1v) is 16.4. The zero-order chi connectivity index (χ0) is 28.7. The fraction of sp³-hybridized carbons (Fsp3) is 0.500. The summed E-state index contributed by atoms with van der Waals surface area (Å²) in [6.07, 6.45) is 9.45. The Morgan fingerprint density at radius 2 is 1.20 bits per heavy atom. The van der Waals surface area contributed by atoms with Gasteiger partial charge in [-0.3, -0.25) is 0 Å². The molecule has 0 aliphatic heterocycles. The number of hydrogen-bond donors (Lipinski definition) is 0. The SMILES string of the molecule is CCCCC(CC)COc1cc(-c2ccccc2)c(-c2cc(CCl)ccc2CCl)cc1OCC(CC)CCCC. The molecule has 0 saturated heterocycles. The molecule has 3 aromatic rings. The van der Waals surface area contributed by atoms with E-state index in [0.29, 0.717) is 36.8 Å². The molecule has 2 nitrogen and oxygen atoms in total. The highest BCUT2D eigenvalue weighted by Crippen LogP contribution is 2.43. The second-order valence-corrected chi connectivity index (χ2v) is 11.5. The molecule has 0 spiro atoms. The molecule has 0 N–H and O–H groups in total. The number of ether oxygens (including phenoxy) is 2. The quantitative estimate of drug-likeness (QED) is 0.139. The van der Waals surface area contributed by atoms with Gasteiger partial charge in [0.15, 0.2) is 11.5 Å². The molecule has 4 heteroatoms. The Balaban J connectivity index is 2.13. The lowest BCUT2D eigenvalue weighted by Gasteiger charge is -2.23. The van der Waals surface area contributed by atoms with Gasteiger partial charge in [-0.05, 0) is 76.3 Å². The Hall–Kier alpha value is -2.16. The monoisotopic (exact) mass is 582 g/mol. The highest BCUT2D eigenvalue weighted by atomic mass is 35.5. The standard InChI is InChI=1S/C36H48Cl2O2/c1-5-9-14-27(7-3)25-39-35-21-33(30-16-12-11-13-17-30)34(32-20-29(23-37)18-19-31(32)24-38)22-36(35)40-26-28(8-4)15-10-6-2/h11-13,16-22,27-28H,5-10,14-15,23-26H2,1-4H3. The van der Waals surface area contributed by atoms with Crippen LogP contribution in [0.1, 0.15) is 90.2 Å². The van der Waals surface area contributed by atoms with Crippen molar-refractivity contribution >= 4 is 23.2 Å². The van der Waals surface area contributed by atoms with Crippen LogP contribution in [0.5, 0.6) is 11.5 Å². The fourth-order valence-corrected chi connectivity index (χ4v) is 5.55. The topological polar surface area (TPSA) is 18.5 Å². The van der Waals surface area contributed by atoms with Crippen LogP contribution in [0.25, 0.3) is 22.3 Å². The van der Waals surface area contributed by atoms with E-state index in [1.165, 1.54) is 38.5 Å². The number of rotatable bonds is 18. The van der Waals surface area contributed by atoms with Crippen LogP contribution in [0.15, 0.2) is 60.7 Å². The minimum atomic E-state index is 0.422. The van der Waals surface area contributed by atoms with E-state index in [1.807, 2.05) is 0 Å². The van der Waals surface area contributed by atoms with Crippen molar-refractivity contribution in [3.05, 3.63) is 71.8 Å². The van der Waals surface area contributed by atoms with Crippen molar-refractivity contribution in [2.45, 2.75) is 90.8 Å². The summed E-state index contributed by atoms with van der Waals surface area (Å²) in [6, 6.07) is 21.2. The predicted molar refractivity (Wildman–Crippen MR) is 174 cm³/mol. The molecule has 3 aromatic carbocycles. The second-order valence-electron chi connectivity index (χ2n) is 10.9. The van der Waals surface area contributed by atoms with E-state index < -0.39 is 0 Å². The van der Waals surface area contributed by atoms with Crippen molar-refractivity contribution in [1.29, 1.82) is 0 Å². The molecule has 0 amide bonds. The molecule has 3 rings (SSSR count). The molecule has 0 saturated carbocycles. The van der Waals surface area contributed by atoms with Gasteiger partial charge in [-0.2, -0.15) is 0 Å². The van der Waals surface area contributed by atoms with Crippen molar-refractivity contribution in [2.75, 3.05) is 13.2 Å². The molecule has 0 aliphatic rings. The summed E-state index contributed by atoms with van der Waals surface area (Å²) >= 11 is 12.8. The maximum Gasteiger partial charge on any atom is 0.161 e. The molecule has 2 atom stereocenters. The fourth-order valence-electron chi connectivity index (χ4n) is 5.15. The summed E-state index contributed by atoms with van der Waals surface area (Å²) in [5, 5.41) is 0. The largest absolute Gasteiger partial charge is 0.489 e. The summed E-state index contributed by atoms with van der Waals surface area (Å²) in [6.45, 7) is 10.4. The van der Waals surface area contributed by atoms with Crippen LogP contribution >= 0.6 is 23.2 Å². The summed E-state index contributed by atoms with van der Waals surface area (Å²) in [5.74, 6) is 3.56. The van der Waals surface area contributed by atoms with Crippen LogP contribution in [0.3, 0.4) is 0 Å². The van der Waals surface area contributed by atoms with Gasteiger partial charge in [-0.25, -0.2) is 0 Å². The van der Waals surface area contributed by atoms with Gasteiger partial charge in [0, 0.05) is 11.8 Å². The summed E-state index contributed by atoms with van der Waals surface area (Å²) in [4.78, 5) is 0. The number of alkyl halides is 2. The van der Waals surface area contributed by atoms with E-state index >= 15 is 0 Å². The Morgan fingerprint density at radius 1 is 0.625 bits per heavy atom. The van der Waals surface area contributed by atoms with Crippen LogP contribution in [-0.2, 0) is 11.8 Å². The number of benzene rings is 3. The van der Waals surface area contributed by atoms with Gasteiger partial charge in [0.05, 0.1) is 13.2 Å². The average Bonchev–Trinajstić information content (AvgIpc) is 3.01. The Morgan fingerprint density at radius 3 is 1.70 bits per heavy atom.